The summed E-state index contributed by atoms with van der Waals surface area (Å²) in [5.41, 5.74) is 4.32. The van der Waals surface area contributed by atoms with Crippen molar-refractivity contribution < 1.29 is 9.53 Å². The van der Waals surface area contributed by atoms with Gasteiger partial charge in [-0.2, -0.15) is 0 Å². The number of ether oxygens (including phenoxy) is 1. The summed E-state index contributed by atoms with van der Waals surface area (Å²) >= 11 is 0. The SMILES string of the molecule is COCc1cccc(C(=O)NC2CCCc3ccccc32)c1. The van der Waals surface area contributed by atoms with Crippen LogP contribution in [-0.2, 0) is 17.8 Å². The summed E-state index contributed by atoms with van der Waals surface area (Å²) < 4.78 is 5.13. The zero-order valence-electron chi connectivity index (χ0n) is 12.8. The van der Waals surface area contributed by atoms with E-state index in [1.807, 2.05) is 30.3 Å². The van der Waals surface area contributed by atoms with Crippen LogP contribution in [0.15, 0.2) is 48.5 Å². The smallest absolute Gasteiger partial charge is 0.251 e. The zero-order valence-corrected chi connectivity index (χ0v) is 12.8. The highest BCUT2D eigenvalue weighted by Gasteiger charge is 2.21. The summed E-state index contributed by atoms with van der Waals surface area (Å²) in [6, 6.07) is 16.1. The minimum absolute atomic E-state index is 0.0142. The molecule has 1 aliphatic rings. The van der Waals surface area contributed by atoms with Crippen LogP contribution in [0.25, 0.3) is 0 Å². The average Bonchev–Trinajstić information content (AvgIpc) is 2.56. The topological polar surface area (TPSA) is 38.3 Å². The highest BCUT2D eigenvalue weighted by atomic mass is 16.5. The molecule has 114 valence electrons. The first-order valence-corrected chi connectivity index (χ1v) is 7.74. The van der Waals surface area contributed by atoms with Crippen LogP contribution in [0.2, 0.25) is 0 Å². The normalized spacial score (nSPS) is 16.9. The first kappa shape index (κ1) is 14.8. The molecule has 1 unspecified atom stereocenters. The third-order valence-corrected chi connectivity index (χ3v) is 4.17. The molecule has 0 fully saturated rings. The summed E-state index contributed by atoms with van der Waals surface area (Å²) in [5, 5.41) is 3.18. The first-order chi connectivity index (χ1) is 10.8. The predicted octanol–water partition coefficient (Wildman–Crippen LogP) is 3.64. The maximum Gasteiger partial charge on any atom is 0.251 e. The van der Waals surface area contributed by atoms with Crippen LogP contribution in [0.3, 0.4) is 0 Å². The lowest BCUT2D eigenvalue weighted by molar-refractivity contribution is 0.0932. The van der Waals surface area contributed by atoms with Crippen LogP contribution in [0.4, 0.5) is 0 Å². The molecule has 0 bridgehead atoms. The van der Waals surface area contributed by atoms with E-state index < -0.39 is 0 Å². The Kier molecular flexibility index (Phi) is 4.54. The number of methoxy groups -OCH3 is 1. The van der Waals surface area contributed by atoms with Gasteiger partial charge in [-0.15, -0.1) is 0 Å². The van der Waals surface area contributed by atoms with Crippen LogP contribution >= 0.6 is 0 Å². The summed E-state index contributed by atoms with van der Waals surface area (Å²) in [7, 11) is 1.66. The Hall–Kier alpha value is -2.13. The van der Waals surface area contributed by atoms with E-state index in [0.717, 1.165) is 24.8 Å². The predicted molar refractivity (Wildman–Crippen MR) is 86.7 cm³/mol. The molecule has 0 radical (unpaired) electrons. The molecule has 22 heavy (non-hydrogen) atoms. The number of aryl methyl sites for hydroxylation is 1. The molecule has 1 aliphatic carbocycles. The molecule has 0 heterocycles. The number of amides is 1. The molecular weight excluding hydrogens is 274 g/mol. The lowest BCUT2D eigenvalue weighted by Crippen LogP contribution is -2.31. The number of hydrogen-bond donors (Lipinski definition) is 1. The Morgan fingerprint density at radius 2 is 2.09 bits per heavy atom. The summed E-state index contributed by atoms with van der Waals surface area (Å²) in [6.07, 6.45) is 3.22. The Morgan fingerprint density at radius 1 is 1.23 bits per heavy atom. The van der Waals surface area contributed by atoms with E-state index in [9.17, 15) is 4.79 Å². The molecule has 0 aromatic heterocycles. The molecule has 3 heteroatoms. The van der Waals surface area contributed by atoms with Gasteiger partial charge in [-0.1, -0.05) is 36.4 Å². The molecule has 1 atom stereocenters. The number of rotatable bonds is 4. The molecule has 2 aromatic carbocycles. The second kappa shape index (κ2) is 6.75. The van der Waals surface area contributed by atoms with Gasteiger partial charge in [0.2, 0.25) is 0 Å². The Labute approximate surface area is 131 Å². The Balaban J connectivity index is 1.76. The van der Waals surface area contributed by atoms with Gasteiger partial charge in [0.25, 0.3) is 5.91 Å². The molecular formula is C19H21NO2. The summed E-state index contributed by atoms with van der Waals surface area (Å²) in [5.74, 6) is -0.0142. The van der Waals surface area contributed by atoms with Gasteiger partial charge in [-0.05, 0) is 48.1 Å². The molecule has 1 amide bonds. The van der Waals surface area contributed by atoms with E-state index in [1.165, 1.54) is 11.1 Å². The van der Waals surface area contributed by atoms with Crippen molar-refractivity contribution >= 4 is 5.91 Å². The number of carbonyl (C=O) groups excluding carboxylic acids is 1. The van der Waals surface area contributed by atoms with Gasteiger partial charge in [-0.25, -0.2) is 0 Å². The third-order valence-electron chi connectivity index (χ3n) is 4.17. The van der Waals surface area contributed by atoms with Crippen LogP contribution in [0.5, 0.6) is 0 Å². The fraction of sp³-hybridized carbons (Fsp3) is 0.316. The first-order valence-electron chi connectivity index (χ1n) is 7.74. The second-order valence-electron chi connectivity index (χ2n) is 5.75. The Morgan fingerprint density at radius 3 is 2.95 bits per heavy atom. The maximum atomic E-state index is 12.5. The van der Waals surface area contributed by atoms with E-state index in [4.69, 9.17) is 4.74 Å². The van der Waals surface area contributed by atoms with Gasteiger partial charge < -0.3 is 10.1 Å². The average molecular weight is 295 g/mol. The van der Waals surface area contributed by atoms with Gasteiger partial charge in [0.1, 0.15) is 0 Å². The van der Waals surface area contributed by atoms with E-state index in [0.29, 0.717) is 12.2 Å². The quantitative estimate of drug-likeness (QED) is 0.935. The monoisotopic (exact) mass is 295 g/mol. The van der Waals surface area contributed by atoms with Gasteiger partial charge >= 0.3 is 0 Å². The van der Waals surface area contributed by atoms with E-state index in [1.54, 1.807) is 7.11 Å². The number of hydrogen-bond acceptors (Lipinski definition) is 2. The van der Waals surface area contributed by atoms with Crippen molar-refractivity contribution in [2.24, 2.45) is 0 Å². The summed E-state index contributed by atoms with van der Waals surface area (Å²) in [4.78, 5) is 12.5. The lowest BCUT2D eigenvalue weighted by atomic mass is 9.87. The molecule has 0 saturated carbocycles. The van der Waals surface area contributed by atoms with Crippen molar-refractivity contribution in [3.05, 3.63) is 70.8 Å². The van der Waals surface area contributed by atoms with Gasteiger partial charge in [-0.3, -0.25) is 4.79 Å². The molecule has 1 N–H and O–H groups in total. The lowest BCUT2D eigenvalue weighted by Gasteiger charge is -2.26. The highest BCUT2D eigenvalue weighted by Crippen LogP contribution is 2.29. The number of benzene rings is 2. The second-order valence-corrected chi connectivity index (χ2v) is 5.75. The van der Waals surface area contributed by atoms with E-state index in [2.05, 4.69) is 23.5 Å². The number of fused-ring (bicyclic) bond motifs is 1. The molecule has 3 rings (SSSR count). The minimum Gasteiger partial charge on any atom is -0.380 e. The van der Waals surface area contributed by atoms with Crippen molar-refractivity contribution in [2.75, 3.05) is 7.11 Å². The van der Waals surface area contributed by atoms with Crippen LogP contribution < -0.4 is 5.32 Å². The van der Waals surface area contributed by atoms with Gasteiger partial charge in [0.15, 0.2) is 0 Å². The van der Waals surface area contributed by atoms with Crippen molar-refractivity contribution in [1.29, 1.82) is 0 Å². The number of carbonyl (C=O) groups is 1. The fourth-order valence-electron chi connectivity index (χ4n) is 3.11. The molecule has 0 saturated heterocycles. The fourth-order valence-corrected chi connectivity index (χ4v) is 3.11. The maximum absolute atomic E-state index is 12.5. The molecule has 0 spiro atoms. The summed E-state index contributed by atoms with van der Waals surface area (Å²) in [6.45, 7) is 0.521. The van der Waals surface area contributed by atoms with E-state index >= 15 is 0 Å². The standard InChI is InChI=1S/C19H21NO2/c1-22-13-14-6-4-9-16(12-14)19(21)20-18-11-5-8-15-7-2-3-10-17(15)18/h2-4,6-7,9-10,12,18H,5,8,11,13H2,1H3,(H,20,21). The van der Waals surface area contributed by atoms with Crippen LogP contribution in [-0.4, -0.2) is 13.0 Å². The molecule has 0 aliphatic heterocycles. The van der Waals surface area contributed by atoms with Crippen LogP contribution in [0, 0.1) is 0 Å². The Bertz CT molecular complexity index is 666. The van der Waals surface area contributed by atoms with Crippen molar-refractivity contribution in [1.82, 2.24) is 5.32 Å². The van der Waals surface area contributed by atoms with Gasteiger partial charge in [0, 0.05) is 12.7 Å². The van der Waals surface area contributed by atoms with Crippen LogP contribution in [0.1, 0.15) is 45.9 Å². The van der Waals surface area contributed by atoms with E-state index in [-0.39, 0.29) is 11.9 Å². The highest BCUT2D eigenvalue weighted by molar-refractivity contribution is 5.94. The van der Waals surface area contributed by atoms with Crippen molar-refractivity contribution in [3.63, 3.8) is 0 Å². The van der Waals surface area contributed by atoms with Gasteiger partial charge in [0.05, 0.1) is 12.6 Å². The minimum atomic E-state index is -0.0142. The third kappa shape index (κ3) is 3.20. The van der Waals surface area contributed by atoms with Crippen molar-refractivity contribution in [2.45, 2.75) is 31.9 Å². The largest absolute Gasteiger partial charge is 0.380 e. The molecule has 2 aromatic rings. The van der Waals surface area contributed by atoms with Crippen molar-refractivity contribution in [3.8, 4) is 0 Å². The number of nitrogens with one attached hydrogen (secondary N) is 1. The molecule has 3 nitrogen and oxygen atoms in total. The zero-order chi connectivity index (χ0) is 15.4.